The summed E-state index contributed by atoms with van der Waals surface area (Å²) >= 11 is 12.3. The van der Waals surface area contributed by atoms with Crippen LogP contribution < -0.4 is 19.6 Å². The number of esters is 1. The molecule has 0 atom stereocenters. The van der Waals surface area contributed by atoms with Crippen molar-refractivity contribution in [3.05, 3.63) is 87.4 Å². The van der Waals surface area contributed by atoms with E-state index in [1.165, 1.54) is 25.5 Å². The monoisotopic (exact) mass is 486 g/mol. The van der Waals surface area contributed by atoms with E-state index in [0.717, 1.165) is 0 Å². The van der Waals surface area contributed by atoms with Gasteiger partial charge in [-0.15, -0.1) is 0 Å². The minimum Gasteiger partial charge on any atom is -0.497 e. The minimum absolute atomic E-state index is 0.0828. The highest BCUT2D eigenvalue weighted by Crippen LogP contribution is 2.37. The Labute approximate surface area is 200 Å². The van der Waals surface area contributed by atoms with Gasteiger partial charge in [0, 0.05) is 10.6 Å². The molecule has 0 aliphatic carbocycles. The Balaban J connectivity index is 1.76. The molecule has 33 heavy (non-hydrogen) atoms. The molecule has 0 unspecified atom stereocenters. The number of nitrogens with zero attached hydrogens (tertiary/aromatic N) is 1. The number of rotatable bonds is 8. The number of amides is 1. The molecule has 0 heterocycles. The molecular formula is C24H20Cl2N2O5. The Morgan fingerprint density at radius 3 is 2.45 bits per heavy atom. The van der Waals surface area contributed by atoms with Crippen LogP contribution in [-0.2, 0) is 0 Å². The van der Waals surface area contributed by atoms with Gasteiger partial charge in [0.25, 0.3) is 5.91 Å². The number of nitrogens with one attached hydrogen (secondary N) is 1. The lowest BCUT2D eigenvalue weighted by Crippen LogP contribution is -2.17. The standard InChI is InChI=1S/C24H20Cl2N2O5/c1-3-32-21-12-15(14-27-28-23(29)17-5-4-6-18(25)13-17)11-20(26)22(21)33-24(30)16-7-9-19(31-2)10-8-16/h4-14H,3H2,1-2H3,(H,28,29)/b27-14-. The molecule has 0 saturated carbocycles. The lowest BCUT2D eigenvalue weighted by atomic mass is 10.2. The van der Waals surface area contributed by atoms with E-state index >= 15 is 0 Å². The van der Waals surface area contributed by atoms with Gasteiger partial charge < -0.3 is 14.2 Å². The Hall–Kier alpha value is -3.55. The molecule has 0 spiro atoms. The highest BCUT2D eigenvalue weighted by molar-refractivity contribution is 6.32. The summed E-state index contributed by atoms with van der Waals surface area (Å²) in [5, 5.41) is 4.53. The van der Waals surface area contributed by atoms with Gasteiger partial charge in [0.1, 0.15) is 5.75 Å². The van der Waals surface area contributed by atoms with Crippen molar-refractivity contribution >= 4 is 41.3 Å². The average Bonchev–Trinajstić information content (AvgIpc) is 2.81. The van der Waals surface area contributed by atoms with Crippen molar-refractivity contribution in [3.63, 3.8) is 0 Å². The molecule has 7 nitrogen and oxygen atoms in total. The lowest BCUT2D eigenvalue weighted by Gasteiger charge is -2.13. The van der Waals surface area contributed by atoms with Crippen LogP contribution in [0.15, 0.2) is 65.8 Å². The summed E-state index contributed by atoms with van der Waals surface area (Å²) in [5.74, 6) is -0.0646. The van der Waals surface area contributed by atoms with E-state index in [1.807, 2.05) is 0 Å². The average molecular weight is 487 g/mol. The third-order valence-electron chi connectivity index (χ3n) is 4.32. The molecule has 0 bridgehead atoms. The molecule has 0 aliphatic heterocycles. The van der Waals surface area contributed by atoms with Gasteiger partial charge in [-0.2, -0.15) is 5.10 Å². The normalized spacial score (nSPS) is 10.7. The summed E-state index contributed by atoms with van der Waals surface area (Å²) in [6.45, 7) is 2.10. The van der Waals surface area contributed by atoms with Gasteiger partial charge in [0.05, 0.1) is 30.5 Å². The first-order valence-electron chi connectivity index (χ1n) is 9.82. The Bertz CT molecular complexity index is 1180. The van der Waals surface area contributed by atoms with Crippen molar-refractivity contribution < 1.29 is 23.8 Å². The van der Waals surface area contributed by atoms with E-state index < -0.39 is 11.9 Å². The second-order valence-corrected chi connectivity index (χ2v) is 7.43. The molecule has 0 fully saturated rings. The third kappa shape index (κ3) is 6.47. The summed E-state index contributed by atoms with van der Waals surface area (Å²) < 4.78 is 16.2. The summed E-state index contributed by atoms with van der Waals surface area (Å²) in [4.78, 5) is 24.7. The molecule has 3 rings (SSSR count). The van der Waals surface area contributed by atoms with Crippen molar-refractivity contribution in [1.82, 2.24) is 5.43 Å². The van der Waals surface area contributed by atoms with Crippen LogP contribution in [-0.4, -0.2) is 31.8 Å². The maximum absolute atomic E-state index is 12.6. The van der Waals surface area contributed by atoms with E-state index in [9.17, 15) is 9.59 Å². The van der Waals surface area contributed by atoms with E-state index in [0.29, 0.717) is 34.1 Å². The molecule has 0 radical (unpaired) electrons. The fraction of sp³-hybridized carbons (Fsp3) is 0.125. The van der Waals surface area contributed by atoms with Gasteiger partial charge in [-0.25, -0.2) is 10.2 Å². The van der Waals surface area contributed by atoms with Gasteiger partial charge in [0.2, 0.25) is 0 Å². The lowest BCUT2D eigenvalue weighted by molar-refractivity contribution is 0.0728. The van der Waals surface area contributed by atoms with Crippen LogP contribution in [0.5, 0.6) is 17.2 Å². The maximum atomic E-state index is 12.6. The number of carbonyl (C=O) groups excluding carboxylic acids is 2. The number of benzene rings is 3. The molecule has 9 heteroatoms. The first-order valence-corrected chi connectivity index (χ1v) is 10.6. The summed E-state index contributed by atoms with van der Waals surface area (Å²) in [5.41, 5.74) is 3.63. The smallest absolute Gasteiger partial charge is 0.343 e. The zero-order valence-electron chi connectivity index (χ0n) is 17.8. The molecule has 0 saturated heterocycles. The van der Waals surface area contributed by atoms with Crippen molar-refractivity contribution in [2.45, 2.75) is 6.92 Å². The second kappa shape index (κ2) is 11.4. The van der Waals surface area contributed by atoms with Crippen LogP contribution >= 0.6 is 23.2 Å². The molecule has 1 N–H and O–H groups in total. The zero-order valence-corrected chi connectivity index (χ0v) is 19.3. The number of carbonyl (C=O) groups is 2. The van der Waals surface area contributed by atoms with E-state index in [2.05, 4.69) is 10.5 Å². The van der Waals surface area contributed by atoms with E-state index in [-0.39, 0.29) is 16.5 Å². The van der Waals surface area contributed by atoms with Crippen LogP contribution in [0.25, 0.3) is 0 Å². The van der Waals surface area contributed by atoms with Crippen LogP contribution in [0.3, 0.4) is 0 Å². The van der Waals surface area contributed by atoms with Gasteiger partial charge in [-0.1, -0.05) is 29.3 Å². The van der Waals surface area contributed by atoms with Crippen molar-refractivity contribution in [3.8, 4) is 17.2 Å². The topological polar surface area (TPSA) is 86.2 Å². The first-order chi connectivity index (χ1) is 15.9. The van der Waals surface area contributed by atoms with Crippen LogP contribution in [0.4, 0.5) is 0 Å². The Morgan fingerprint density at radius 2 is 1.79 bits per heavy atom. The number of hydrogen-bond donors (Lipinski definition) is 1. The van der Waals surface area contributed by atoms with Gasteiger partial charge in [-0.05, 0) is 67.1 Å². The highest BCUT2D eigenvalue weighted by atomic mass is 35.5. The number of halogens is 2. The largest absolute Gasteiger partial charge is 0.497 e. The number of hydrogen-bond acceptors (Lipinski definition) is 6. The van der Waals surface area contributed by atoms with Crippen LogP contribution in [0, 0.1) is 0 Å². The van der Waals surface area contributed by atoms with E-state index in [1.54, 1.807) is 55.5 Å². The molecule has 3 aromatic rings. The van der Waals surface area contributed by atoms with Gasteiger partial charge >= 0.3 is 5.97 Å². The number of hydrazone groups is 1. The summed E-state index contributed by atoms with van der Waals surface area (Å²) in [6, 6.07) is 16.1. The van der Waals surface area contributed by atoms with E-state index in [4.69, 9.17) is 37.4 Å². The predicted octanol–water partition coefficient (Wildman–Crippen LogP) is 5.38. The minimum atomic E-state index is -0.601. The fourth-order valence-electron chi connectivity index (χ4n) is 2.76. The molecular weight excluding hydrogens is 467 g/mol. The summed E-state index contributed by atoms with van der Waals surface area (Å²) in [6.07, 6.45) is 1.39. The Morgan fingerprint density at radius 1 is 1.03 bits per heavy atom. The van der Waals surface area contributed by atoms with Crippen LogP contribution in [0.2, 0.25) is 10.0 Å². The number of ether oxygens (including phenoxy) is 3. The molecule has 170 valence electrons. The quantitative estimate of drug-likeness (QED) is 0.200. The molecule has 3 aromatic carbocycles. The zero-order chi connectivity index (χ0) is 23.8. The SMILES string of the molecule is CCOc1cc(/C=N\NC(=O)c2cccc(Cl)c2)cc(Cl)c1OC(=O)c1ccc(OC)cc1. The first kappa shape index (κ1) is 24.1. The predicted molar refractivity (Wildman–Crippen MR) is 127 cm³/mol. The second-order valence-electron chi connectivity index (χ2n) is 6.59. The molecule has 0 aliphatic rings. The Kier molecular flexibility index (Phi) is 8.29. The van der Waals surface area contributed by atoms with Gasteiger partial charge in [0.15, 0.2) is 11.5 Å². The summed E-state index contributed by atoms with van der Waals surface area (Å²) in [7, 11) is 1.54. The molecule has 1 amide bonds. The van der Waals surface area contributed by atoms with Crippen LogP contribution in [0.1, 0.15) is 33.2 Å². The molecule has 0 aromatic heterocycles. The van der Waals surface area contributed by atoms with Gasteiger partial charge in [-0.3, -0.25) is 4.79 Å². The highest BCUT2D eigenvalue weighted by Gasteiger charge is 2.17. The number of methoxy groups -OCH3 is 1. The van der Waals surface area contributed by atoms with Crippen molar-refractivity contribution in [2.24, 2.45) is 5.10 Å². The van der Waals surface area contributed by atoms with Crippen molar-refractivity contribution in [1.29, 1.82) is 0 Å². The third-order valence-corrected chi connectivity index (χ3v) is 4.83. The fourth-order valence-corrected chi connectivity index (χ4v) is 3.21. The maximum Gasteiger partial charge on any atom is 0.343 e. The van der Waals surface area contributed by atoms with Crippen molar-refractivity contribution in [2.75, 3.05) is 13.7 Å².